The summed E-state index contributed by atoms with van der Waals surface area (Å²) in [5, 5.41) is 0.525. The molecular formula is C18H25Cl2N3O3. The largest absolute Gasteiger partial charge is 0.495 e. The van der Waals surface area contributed by atoms with E-state index < -0.39 is 0 Å². The maximum absolute atomic E-state index is 12.8. The van der Waals surface area contributed by atoms with Gasteiger partial charge in [-0.1, -0.05) is 18.5 Å². The minimum Gasteiger partial charge on any atom is -0.495 e. The average molecular weight is 402 g/mol. The number of ether oxygens (including phenoxy) is 1. The molecule has 0 spiro atoms. The maximum Gasteiger partial charge on any atom is 0.228 e. The summed E-state index contributed by atoms with van der Waals surface area (Å²) >= 11 is 6.07. The number of anilines is 1. The minimum atomic E-state index is -0.337. The van der Waals surface area contributed by atoms with Crippen molar-refractivity contribution in [2.45, 2.75) is 19.8 Å². The lowest BCUT2D eigenvalue weighted by molar-refractivity contribution is -0.135. The van der Waals surface area contributed by atoms with Crippen LogP contribution in [0.1, 0.15) is 19.8 Å². The van der Waals surface area contributed by atoms with Gasteiger partial charge in [0.1, 0.15) is 5.75 Å². The first kappa shape index (κ1) is 20.8. The molecule has 2 saturated heterocycles. The van der Waals surface area contributed by atoms with Crippen LogP contribution in [0.4, 0.5) is 5.69 Å². The summed E-state index contributed by atoms with van der Waals surface area (Å²) in [5.74, 6) is 0.188. The van der Waals surface area contributed by atoms with Crippen molar-refractivity contribution in [2.75, 3.05) is 38.2 Å². The molecule has 0 aromatic heterocycles. The van der Waals surface area contributed by atoms with Crippen LogP contribution in [0, 0.1) is 11.3 Å². The van der Waals surface area contributed by atoms with Crippen LogP contribution in [0.25, 0.3) is 0 Å². The van der Waals surface area contributed by atoms with Crippen molar-refractivity contribution in [3.63, 3.8) is 0 Å². The predicted octanol–water partition coefficient (Wildman–Crippen LogP) is 2.32. The fourth-order valence-electron chi connectivity index (χ4n) is 3.62. The van der Waals surface area contributed by atoms with Gasteiger partial charge in [0.15, 0.2) is 0 Å². The van der Waals surface area contributed by atoms with E-state index in [-0.39, 0.29) is 42.0 Å². The zero-order valence-electron chi connectivity index (χ0n) is 15.0. The lowest BCUT2D eigenvalue weighted by Gasteiger charge is -2.24. The molecule has 1 aromatic rings. The summed E-state index contributed by atoms with van der Waals surface area (Å²) in [7, 11) is 1.55. The van der Waals surface area contributed by atoms with E-state index in [2.05, 4.69) is 6.92 Å². The first-order valence-corrected chi connectivity index (χ1v) is 8.87. The Bertz CT molecular complexity index is 700. The van der Waals surface area contributed by atoms with Gasteiger partial charge in [-0.25, -0.2) is 0 Å². The third-order valence-electron chi connectivity index (χ3n) is 5.27. The van der Waals surface area contributed by atoms with Crippen LogP contribution in [-0.2, 0) is 9.59 Å². The van der Waals surface area contributed by atoms with Crippen molar-refractivity contribution < 1.29 is 14.3 Å². The molecule has 2 N–H and O–H groups in total. The molecule has 26 heavy (non-hydrogen) atoms. The van der Waals surface area contributed by atoms with E-state index in [1.807, 2.05) is 4.90 Å². The summed E-state index contributed by atoms with van der Waals surface area (Å²) in [4.78, 5) is 28.8. The Balaban J connectivity index is 0.00000243. The summed E-state index contributed by atoms with van der Waals surface area (Å²) in [6.45, 7) is 4.38. The van der Waals surface area contributed by atoms with E-state index in [0.717, 1.165) is 6.42 Å². The molecule has 0 saturated carbocycles. The SMILES string of the molecule is COc1ccc(Cl)cc1N1CC(C(=O)N2CCC(C)(CN)C2)CC1=O.Cl. The number of amides is 2. The Morgan fingerprint density at radius 3 is 2.81 bits per heavy atom. The van der Waals surface area contributed by atoms with Gasteiger partial charge in [0, 0.05) is 31.1 Å². The summed E-state index contributed by atoms with van der Waals surface area (Å²) < 4.78 is 5.34. The number of nitrogens with two attached hydrogens (primary N) is 1. The van der Waals surface area contributed by atoms with Crippen LogP contribution in [-0.4, -0.2) is 50.0 Å². The van der Waals surface area contributed by atoms with Gasteiger partial charge in [-0.3, -0.25) is 9.59 Å². The highest BCUT2D eigenvalue weighted by Gasteiger charge is 2.42. The van der Waals surface area contributed by atoms with Gasteiger partial charge in [0.25, 0.3) is 0 Å². The molecule has 0 bridgehead atoms. The number of halogens is 2. The number of carbonyl (C=O) groups is 2. The average Bonchev–Trinajstić information content (AvgIpc) is 3.18. The molecule has 8 heteroatoms. The van der Waals surface area contributed by atoms with E-state index >= 15 is 0 Å². The quantitative estimate of drug-likeness (QED) is 0.839. The van der Waals surface area contributed by atoms with Gasteiger partial charge in [-0.2, -0.15) is 0 Å². The first-order chi connectivity index (χ1) is 11.9. The van der Waals surface area contributed by atoms with Crippen molar-refractivity contribution in [2.24, 2.45) is 17.1 Å². The second-order valence-corrected chi connectivity index (χ2v) is 7.68. The topological polar surface area (TPSA) is 75.9 Å². The highest BCUT2D eigenvalue weighted by molar-refractivity contribution is 6.31. The van der Waals surface area contributed by atoms with Gasteiger partial charge in [-0.05, 0) is 36.6 Å². The highest BCUT2D eigenvalue weighted by Crippen LogP contribution is 2.36. The van der Waals surface area contributed by atoms with Gasteiger partial charge < -0.3 is 20.3 Å². The molecule has 1 aromatic carbocycles. The van der Waals surface area contributed by atoms with Crippen molar-refractivity contribution in [3.8, 4) is 5.75 Å². The Morgan fingerprint density at radius 2 is 2.19 bits per heavy atom. The van der Waals surface area contributed by atoms with Crippen molar-refractivity contribution in [3.05, 3.63) is 23.2 Å². The van der Waals surface area contributed by atoms with E-state index in [1.54, 1.807) is 30.2 Å². The number of hydrogen-bond donors (Lipinski definition) is 1. The minimum absolute atomic E-state index is 0. The molecule has 3 rings (SSSR count). The molecule has 2 aliphatic heterocycles. The lowest BCUT2D eigenvalue weighted by Crippen LogP contribution is -2.38. The number of benzene rings is 1. The Morgan fingerprint density at radius 1 is 1.46 bits per heavy atom. The third kappa shape index (κ3) is 3.92. The zero-order valence-corrected chi connectivity index (χ0v) is 16.6. The molecule has 0 radical (unpaired) electrons. The Hall–Kier alpha value is -1.50. The molecule has 2 amide bonds. The molecule has 2 fully saturated rings. The molecule has 2 unspecified atom stereocenters. The molecular weight excluding hydrogens is 377 g/mol. The summed E-state index contributed by atoms with van der Waals surface area (Å²) in [5.41, 5.74) is 6.42. The number of likely N-dealkylation sites (tertiary alicyclic amines) is 1. The second kappa shape index (κ2) is 8.03. The van der Waals surface area contributed by atoms with Crippen LogP contribution in [0.2, 0.25) is 5.02 Å². The smallest absolute Gasteiger partial charge is 0.228 e. The second-order valence-electron chi connectivity index (χ2n) is 7.25. The first-order valence-electron chi connectivity index (χ1n) is 8.49. The zero-order chi connectivity index (χ0) is 18.2. The number of methoxy groups -OCH3 is 1. The molecule has 2 aliphatic rings. The van der Waals surface area contributed by atoms with Gasteiger partial charge in [-0.15, -0.1) is 12.4 Å². The van der Waals surface area contributed by atoms with Crippen LogP contribution in [0.5, 0.6) is 5.75 Å². The summed E-state index contributed by atoms with van der Waals surface area (Å²) in [6.07, 6.45) is 1.12. The normalized spacial score (nSPS) is 25.4. The Labute approximate surface area is 165 Å². The van der Waals surface area contributed by atoms with Gasteiger partial charge in [0.2, 0.25) is 11.8 Å². The number of carbonyl (C=O) groups excluding carboxylic acids is 2. The van der Waals surface area contributed by atoms with Gasteiger partial charge >= 0.3 is 0 Å². The van der Waals surface area contributed by atoms with Crippen molar-refractivity contribution >= 4 is 41.5 Å². The van der Waals surface area contributed by atoms with Gasteiger partial charge in [0.05, 0.1) is 18.7 Å². The van der Waals surface area contributed by atoms with Crippen LogP contribution in [0.15, 0.2) is 18.2 Å². The monoisotopic (exact) mass is 401 g/mol. The fraction of sp³-hybridized carbons (Fsp3) is 0.556. The van der Waals surface area contributed by atoms with E-state index in [4.69, 9.17) is 22.1 Å². The molecule has 2 atom stereocenters. The van der Waals surface area contributed by atoms with Crippen molar-refractivity contribution in [1.82, 2.24) is 4.90 Å². The molecule has 2 heterocycles. The predicted molar refractivity (Wildman–Crippen MR) is 104 cm³/mol. The standard InChI is InChI=1S/C18H24ClN3O3.ClH/c1-18(10-20)5-6-21(11-18)17(24)12-7-16(23)22(9-12)14-8-13(19)3-4-15(14)25-2;/h3-4,8,12H,5-7,9-11,20H2,1-2H3;1H. The molecule has 6 nitrogen and oxygen atoms in total. The lowest BCUT2D eigenvalue weighted by atomic mass is 9.90. The number of hydrogen-bond acceptors (Lipinski definition) is 4. The fourth-order valence-corrected chi connectivity index (χ4v) is 3.78. The van der Waals surface area contributed by atoms with Crippen LogP contribution >= 0.6 is 24.0 Å². The van der Waals surface area contributed by atoms with E-state index in [9.17, 15) is 9.59 Å². The number of rotatable bonds is 4. The molecule has 0 aliphatic carbocycles. The van der Waals surface area contributed by atoms with Crippen LogP contribution in [0.3, 0.4) is 0 Å². The van der Waals surface area contributed by atoms with E-state index in [0.29, 0.717) is 42.6 Å². The molecule has 144 valence electrons. The van der Waals surface area contributed by atoms with Crippen LogP contribution < -0.4 is 15.4 Å². The third-order valence-corrected chi connectivity index (χ3v) is 5.50. The van der Waals surface area contributed by atoms with Crippen molar-refractivity contribution in [1.29, 1.82) is 0 Å². The summed E-state index contributed by atoms with van der Waals surface area (Å²) in [6, 6.07) is 5.14. The highest BCUT2D eigenvalue weighted by atomic mass is 35.5. The maximum atomic E-state index is 12.8. The number of nitrogens with zero attached hydrogens (tertiary/aromatic N) is 2. The van der Waals surface area contributed by atoms with E-state index in [1.165, 1.54) is 0 Å². The Kier molecular flexibility index (Phi) is 6.42.